The normalized spacial score (nSPS) is 31.7. The van der Waals surface area contributed by atoms with Crippen molar-refractivity contribution in [3.8, 4) is 0 Å². The van der Waals surface area contributed by atoms with E-state index in [1.807, 2.05) is 0 Å². The predicted octanol–water partition coefficient (Wildman–Crippen LogP) is 2.18. The van der Waals surface area contributed by atoms with Gasteiger partial charge in [-0.15, -0.1) is 0 Å². The second-order valence-electron chi connectivity index (χ2n) is 4.84. The Kier molecular flexibility index (Phi) is 4.09. The molecule has 2 fully saturated rings. The molecule has 2 aliphatic rings. The number of carbonyl (C=O) groups excluding carboxylic acids is 1. The van der Waals surface area contributed by atoms with E-state index in [0.717, 1.165) is 38.3 Å². The van der Waals surface area contributed by atoms with Gasteiger partial charge in [0.15, 0.2) is 0 Å². The van der Waals surface area contributed by atoms with Gasteiger partial charge in [-0.3, -0.25) is 4.79 Å². The maximum Gasteiger partial charge on any atom is 0.136 e. The Morgan fingerprint density at radius 2 is 2.33 bits per heavy atom. The average Bonchev–Trinajstić information content (AvgIpc) is 2.85. The van der Waals surface area contributed by atoms with E-state index in [2.05, 4.69) is 23.7 Å². The lowest BCUT2D eigenvalue weighted by Gasteiger charge is -2.24. The number of rotatable bonds is 4. The molecule has 0 aromatic rings. The Bertz CT molecular complexity index is 226. The van der Waals surface area contributed by atoms with Gasteiger partial charge in [-0.05, 0) is 45.0 Å². The summed E-state index contributed by atoms with van der Waals surface area (Å²) in [5, 5.41) is 0. The monoisotopic (exact) mass is 227 g/mol. The van der Waals surface area contributed by atoms with E-state index in [9.17, 15) is 4.79 Å². The molecular formula is C12H21NOS. The van der Waals surface area contributed by atoms with Crippen molar-refractivity contribution >= 4 is 17.5 Å². The first-order valence-electron chi connectivity index (χ1n) is 6.08. The summed E-state index contributed by atoms with van der Waals surface area (Å²) in [6.45, 7) is 1.11. The van der Waals surface area contributed by atoms with E-state index >= 15 is 0 Å². The zero-order valence-corrected chi connectivity index (χ0v) is 10.4. The van der Waals surface area contributed by atoms with Crippen molar-refractivity contribution in [1.82, 2.24) is 4.90 Å². The fraction of sp³-hybridized carbons (Fsp3) is 0.917. The van der Waals surface area contributed by atoms with Crippen molar-refractivity contribution in [2.75, 3.05) is 25.1 Å². The molecule has 2 nitrogen and oxygen atoms in total. The molecule has 0 aromatic heterocycles. The van der Waals surface area contributed by atoms with Gasteiger partial charge in [0, 0.05) is 24.1 Å². The molecule has 86 valence electrons. The summed E-state index contributed by atoms with van der Waals surface area (Å²) in [4.78, 5) is 13.9. The first-order chi connectivity index (χ1) is 7.27. The van der Waals surface area contributed by atoms with Crippen LogP contribution in [0.15, 0.2) is 0 Å². The third-order valence-electron chi connectivity index (χ3n) is 3.79. The zero-order chi connectivity index (χ0) is 10.7. The summed E-state index contributed by atoms with van der Waals surface area (Å²) < 4.78 is 0. The van der Waals surface area contributed by atoms with Gasteiger partial charge in [0.25, 0.3) is 0 Å². The third kappa shape index (κ3) is 2.97. The molecule has 1 aliphatic heterocycles. The maximum absolute atomic E-state index is 11.5. The highest BCUT2D eigenvalue weighted by atomic mass is 32.2. The van der Waals surface area contributed by atoms with Crippen molar-refractivity contribution in [1.29, 1.82) is 0 Å². The second-order valence-corrected chi connectivity index (χ2v) is 5.99. The summed E-state index contributed by atoms with van der Waals surface area (Å²) in [7, 11) is 2.22. The van der Waals surface area contributed by atoms with E-state index in [4.69, 9.17) is 0 Å². The van der Waals surface area contributed by atoms with E-state index in [0.29, 0.717) is 11.7 Å². The summed E-state index contributed by atoms with van der Waals surface area (Å²) in [5.74, 6) is 3.51. The maximum atomic E-state index is 11.5. The Labute approximate surface area is 96.8 Å². The summed E-state index contributed by atoms with van der Waals surface area (Å²) in [5.41, 5.74) is 0. The van der Waals surface area contributed by atoms with Gasteiger partial charge >= 0.3 is 0 Å². The molecule has 1 saturated heterocycles. The standard InChI is InChI=1S/C12H21NOS/c1-13(11-6-8-15-9-11)7-5-10-3-2-4-12(10)14/h10-11H,2-9H2,1H3. The van der Waals surface area contributed by atoms with Gasteiger partial charge < -0.3 is 4.90 Å². The van der Waals surface area contributed by atoms with Crippen molar-refractivity contribution < 1.29 is 4.79 Å². The molecule has 2 rings (SSSR count). The van der Waals surface area contributed by atoms with Gasteiger partial charge in [-0.25, -0.2) is 0 Å². The van der Waals surface area contributed by atoms with E-state index in [1.54, 1.807) is 0 Å². The molecule has 1 aliphatic carbocycles. The highest BCUT2D eigenvalue weighted by Crippen LogP contribution is 2.26. The molecule has 15 heavy (non-hydrogen) atoms. The number of carbonyl (C=O) groups is 1. The fourth-order valence-electron chi connectivity index (χ4n) is 2.60. The van der Waals surface area contributed by atoms with Gasteiger partial charge in [-0.1, -0.05) is 0 Å². The smallest absolute Gasteiger partial charge is 0.136 e. The van der Waals surface area contributed by atoms with E-state index in [1.165, 1.54) is 17.9 Å². The molecule has 0 N–H and O–H groups in total. The van der Waals surface area contributed by atoms with Crippen LogP contribution >= 0.6 is 11.8 Å². The van der Waals surface area contributed by atoms with Gasteiger partial charge in [-0.2, -0.15) is 11.8 Å². The number of hydrogen-bond donors (Lipinski definition) is 0. The Balaban J connectivity index is 1.70. The van der Waals surface area contributed by atoms with Crippen LogP contribution in [0.4, 0.5) is 0 Å². The third-order valence-corrected chi connectivity index (χ3v) is 4.94. The van der Waals surface area contributed by atoms with Crippen LogP contribution in [0.3, 0.4) is 0 Å². The summed E-state index contributed by atoms with van der Waals surface area (Å²) in [6, 6.07) is 0.770. The molecule has 0 radical (unpaired) electrons. The highest BCUT2D eigenvalue weighted by Gasteiger charge is 2.26. The van der Waals surface area contributed by atoms with Crippen molar-refractivity contribution in [2.24, 2.45) is 5.92 Å². The first-order valence-corrected chi connectivity index (χ1v) is 7.23. The minimum atomic E-state index is 0.390. The summed E-state index contributed by atoms with van der Waals surface area (Å²) >= 11 is 2.06. The van der Waals surface area contributed by atoms with Gasteiger partial charge in [0.1, 0.15) is 5.78 Å². The number of Topliss-reactive ketones (excluding diaryl/α,β-unsaturated/α-hetero) is 1. The van der Waals surface area contributed by atoms with Crippen LogP contribution in [0, 0.1) is 5.92 Å². The lowest BCUT2D eigenvalue weighted by molar-refractivity contribution is -0.120. The lowest BCUT2D eigenvalue weighted by atomic mass is 10.0. The number of nitrogens with zero attached hydrogens (tertiary/aromatic N) is 1. The molecule has 2 atom stereocenters. The topological polar surface area (TPSA) is 20.3 Å². The quantitative estimate of drug-likeness (QED) is 0.734. The van der Waals surface area contributed by atoms with Gasteiger partial charge in [0.05, 0.1) is 0 Å². The van der Waals surface area contributed by atoms with E-state index in [-0.39, 0.29) is 0 Å². The molecule has 3 heteroatoms. The Morgan fingerprint density at radius 3 is 2.93 bits per heavy atom. The molecule has 1 heterocycles. The Hall–Kier alpha value is -0.0200. The second kappa shape index (κ2) is 5.35. The highest BCUT2D eigenvalue weighted by molar-refractivity contribution is 7.99. The molecular weight excluding hydrogens is 206 g/mol. The minimum absolute atomic E-state index is 0.390. The van der Waals surface area contributed by atoms with Crippen LogP contribution in [-0.2, 0) is 4.79 Å². The number of ketones is 1. The average molecular weight is 227 g/mol. The van der Waals surface area contributed by atoms with Crippen LogP contribution in [0.1, 0.15) is 32.1 Å². The lowest BCUT2D eigenvalue weighted by Crippen LogP contribution is -2.33. The largest absolute Gasteiger partial charge is 0.303 e. The number of hydrogen-bond acceptors (Lipinski definition) is 3. The molecule has 0 aromatic carbocycles. The van der Waals surface area contributed by atoms with Crippen molar-refractivity contribution in [3.63, 3.8) is 0 Å². The van der Waals surface area contributed by atoms with Crippen molar-refractivity contribution in [2.45, 2.75) is 38.1 Å². The predicted molar refractivity (Wildman–Crippen MR) is 65.3 cm³/mol. The molecule has 0 amide bonds. The first kappa shape index (κ1) is 11.5. The summed E-state index contributed by atoms with van der Waals surface area (Å²) in [6.07, 6.45) is 5.54. The van der Waals surface area contributed by atoms with Crippen LogP contribution < -0.4 is 0 Å². The SMILES string of the molecule is CN(CCC1CCCC1=O)C1CCSC1. The molecule has 0 bridgehead atoms. The van der Waals surface area contributed by atoms with Crippen LogP contribution in [0.5, 0.6) is 0 Å². The van der Waals surface area contributed by atoms with Gasteiger partial charge in [0.2, 0.25) is 0 Å². The molecule has 1 saturated carbocycles. The Morgan fingerprint density at radius 1 is 1.47 bits per heavy atom. The van der Waals surface area contributed by atoms with Crippen LogP contribution in [-0.4, -0.2) is 41.8 Å². The van der Waals surface area contributed by atoms with E-state index < -0.39 is 0 Å². The van der Waals surface area contributed by atoms with Crippen LogP contribution in [0.2, 0.25) is 0 Å². The zero-order valence-electron chi connectivity index (χ0n) is 9.58. The molecule has 0 spiro atoms. The van der Waals surface area contributed by atoms with Crippen molar-refractivity contribution in [3.05, 3.63) is 0 Å². The fourth-order valence-corrected chi connectivity index (χ4v) is 3.90. The van der Waals surface area contributed by atoms with Crippen LogP contribution in [0.25, 0.3) is 0 Å². The minimum Gasteiger partial charge on any atom is -0.303 e. The number of thioether (sulfide) groups is 1. The molecule has 2 unspecified atom stereocenters.